The third-order valence-electron chi connectivity index (χ3n) is 10.7. The van der Waals surface area contributed by atoms with Crippen molar-refractivity contribution in [1.29, 1.82) is 0 Å². The second kappa shape index (κ2) is 7.46. The van der Waals surface area contributed by atoms with Crippen molar-refractivity contribution in [3.63, 3.8) is 0 Å². The monoisotopic (exact) mass is 530 g/mol. The summed E-state index contributed by atoms with van der Waals surface area (Å²) in [4.78, 5) is 0. The van der Waals surface area contributed by atoms with Crippen molar-refractivity contribution in [2.75, 3.05) is 0 Å². The van der Waals surface area contributed by atoms with E-state index < -0.39 is 0 Å². The van der Waals surface area contributed by atoms with E-state index in [0.717, 1.165) is 25.7 Å². The van der Waals surface area contributed by atoms with Crippen LogP contribution in [0.15, 0.2) is 109 Å². The van der Waals surface area contributed by atoms with Gasteiger partial charge in [-0.25, -0.2) is 0 Å². The predicted octanol–water partition coefficient (Wildman–Crippen LogP) is 10.3. The van der Waals surface area contributed by atoms with Gasteiger partial charge in [0.15, 0.2) is 0 Å². The molecule has 0 nitrogen and oxygen atoms in total. The van der Waals surface area contributed by atoms with Crippen LogP contribution in [-0.4, -0.2) is 0 Å². The molecule has 0 amide bonds. The van der Waals surface area contributed by atoms with Crippen LogP contribution in [0.4, 0.5) is 0 Å². The molecule has 0 saturated heterocycles. The first-order valence-electron chi connectivity index (χ1n) is 15.3. The molecular weight excluding hydrogens is 504 g/mol. The second-order valence-electron chi connectivity index (χ2n) is 12.8. The van der Waals surface area contributed by atoms with Crippen LogP contribution in [0.1, 0.15) is 44.5 Å². The molecule has 11 rings (SSSR count). The van der Waals surface area contributed by atoms with Crippen molar-refractivity contribution < 1.29 is 0 Å². The van der Waals surface area contributed by atoms with E-state index in [-0.39, 0.29) is 0 Å². The van der Waals surface area contributed by atoms with E-state index >= 15 is 0 Å². The largest absolute Gasteiger partial charge is 0.0616 e. The molecule has 0 saturated carbocycles. The zero-order valence-electron chi connectivity index (χ0n) is 23.2. The smallest absolute Gasteiger partial charge is 0.000706 e. The molecule has 42 heavy (non-hydrogen) atoms. The summed E-state index contributed by atoms with van der Waals surface area (Å²) in [5.41, 5.74) is 23.7. The number of hydrogen-bond donors (Lipinski definition) is 0. The molecule has 7 aromatic carbocycles. The maximum atomic E-state index is 2.54. The lowest BCUT2D eigenvalue weighted by atomic mass is 9.95. The summed E-state index contributed by atoms with van der Waals surface area (Å²) < 4.78 is 0. The van der Waals surface area contributed by atoms with E-state index in [4.69, 9.17) is 0 Å². The Morgan fingerprint density at radius 2 is 0.714 bits per heavy atom. The first kappa shape index (κ1) is 21.8. The molecule has 0 fully saturated rings. The summed E-state index contributed by atoms with van der Waals surface area (Å²) in [5, 5.41) is 5.44. The van der Waals surface area contributed by atoms with Crippen molar-refractivity contribution in [3.05, 3.63) is 154 Å². The van der Waals surface area contributed by atoms with Gasteiger partial charge in [0.25, 0.3) is 0 Å². The lowest BCUT2D eigenvalue weighted by Gasteiger charge is -2.09. The fourth-order valence-corrected chi connectivity index (χ4v) is 8.81. The normalized spacial score (nSPS) is 14.3. The maximum Gasteiger partial charge on any atom is -0.000706 e. The average molecular weight is 531 g/mol. The van der Waals surface area contributed by atoms with Gasteiger partial charge < -0.3 is 0 Å². The van der Waals surface area contributed by atoms with E-state index in [0.29, 0.717) is 0 Å². The van der Waals surface area contributed by atoms with Crippen LogP contribution in [0, 0.1) is 0 Å². The first-order chi connectivity index (χ1) is 20.8. The first-order valence-corrected chi connectivity index (χ1v) is 15.3. The Kier molecular flexibility index (Phi) is 3.87. The van der Waals surface area contributed by atoms with Gasteiger partial charge in [-0.05, 0) is 167 Å². The quantitative estimate of drug-likeness (QED) is 0.183. The van der Waals surface area contributed by atoms with Crippen LogP contribution in [0.25, 0.3) is 66.1 Å². The van der Waals surface area contributed by atoms with Gasteiger partial charge in [-0.3, -0.25) is 0 Å². The highest BCUT2D eigenvalue weighted by Crippen LogP contribution is 2.51. The highest BCUT2D eigenvalue weighted by Gasteiger charge is 2.32. The molecule has 0 aromatic heterocycles. The van der Waals surface area contributed by atoms with Crippen molar-refractivity contribution in [2.24, 2.45) is 0 Å². The van der Waals surface area contributed by atoms with Gasteiger partial charge in [-0.2, -0.15) is 0 Å². The molecule has 0 N–H and O–H groups in total. The van der Waals surface area contributed by atoms with Crippen molar-refractivity contribution in [1.82, 2.24) is 0 Å². The highest BCUT2D eigenvalue weighted by atomic mass is 14.4. The van der Waals surface area contributed by atoms with Crippen molar-refractivity contribution >= 4 is 21.5 Å². The maximum absolute atomic E-state index is 2.54. The van der Waals surface area contributed by atoms with Gasteiger partial charge in [0.1, 0.15) is 0 Å². The van der Waals surface area contributed by atoms with E-state index in [1.54, 1.807) is 11.1 Å². The Hall–Kier alpha value is -4.94. The molecule has 0 heteroatoms. The van der Waals surface area contributed by atoms with Gasteiger partial charge in [0, 0.05) is 0 Å². The molecule has 4 aliphatic rings. The number of rotatable bonds is 0. The van der Waals surface area contributed by atoms with E-state index in [9.17, 15) is 0 Å². The molecule has 0 heterocycles. The van der Waals surface area contributed by atoms with Gasteiger partial charge in [0.05, 0.1) is 0 Å². The molecule has 0 radical (unpaired) electrons. The fraction of sp³-hybridized carbons (Fsp3) is 0.0952. The minimum Gasteiger partial charge on any atom is -0.0616 e. The van der Waals surface area contributed by atoms with Crippen LogP contribution >= 0.6 is 0 Å². The number of fused-ring (bicyclic) bond motifs is 16. The van der Waals surface area contributed by atoms with E-state index in [1.807, 2.05) is 0 Å². The predicted molar refractivity (Wildman–Crippen MR) is 174 cm³/mol. The van der Waals surface area contributed by atoms with Crippen LogP contribution in [0.5, 0.6) is 0 Å². The lowest BCUT2D eigenvalue weighted by molar-refractivity contribution is 1.16. The van der Waals surface area contributed by atoms with Gasteiger partial charge >= 0.3 is 0 Å². The SMILES string of the molecule is c1ccc2cc3c(cc2c1)Cc1c-3ccc2c1Cc1cc3c(cc1-2)Cc1cc2c(cc1-3)Cc1c-2ccc2ccccc12. The Balaban J connectivity index is 1.00. The molecule has 0 atom stereocenters. The average Bonchev–Trinajstić information content (AvgIpc) is 3.77. The van der Waals surface area contributed by atoms with Crippen molar-refractivity contribution in [2.45, 2.75) is 25.7 Å². The lowest BCUT2D eigenvalue weighted by Crippen LogP contribution is -1.91. The molecule has 7 aromatic rings. The molecule has 0 bridgehead atoms. The van der Waals surface area contributed by atoms with Crippen LogP contribution in [-0.2, 0) is 25.7 Å². The summed E-state index contributed by atoms with van der Waals surface area (Å²) >= 11 is 0. The third-order valence-corrected chi connectivity index (χ3v) is 10.7. The molecule has 0 spiro atoms. The Labute approximate surface area is 244 Å². The van der Waals surface area contributed by atoms with Gasteiger partial charge in [-0.15, -0.1) is 0 Å². The topological polar surface area (TPSA) is 0 Å². The Morgan fingerprint density at radius 1 is 0.286 bits per heavy atom. The van der Waals surface area contributed by atoms with Crippen molar-refractivity contribution in [3.8, 4) is 44.5 Å². The number of hydrogen-bond acceptors (Lipinski definition) is 0. The zero-order valence-corrected chi connectivity index (χ0v) is 23.2. The van der Waals surface area contributed by atoms with E-state index in [1.165, 1.54) is 99.4 Å². The summed E-state index contributed by atoms with van der Waals surface area (Å²) in [6, 6.07) is 42.1. The van der Waals surface area contributed by atoms with Crippen LogP contribution in [0.2, 0.25) is 0 Å². The summed E-state index contributed by atoms with van der Waals surface area (Å²) in [5.74, 6) is 0. The second-order valence-corrected chi connectivity index (χ2v) is 12.8. The minimum atomic E-state index is 1.03. The zero-order chi connectivity index (χ0) is 27.1. The molecule has 0 aliphatic heterocycles. The minimum absolute atomic E-state index is 1.03. The standard InChI is InChI=1S/C42H26/c1-2-7-25-15-35-26(13-24(25)6-1)20-41-33(35)11-12-34-37-17-28-14-27-16-36-29(18-38(27)39(28)19-30(37)22-42(34)41)21-40-31-8-4-3-5-23(31)9-10-32(36)40/h1-13,15-19H,14,20-22H2. The highest BCUT2D eigenvalue weighted by molar-refractivity contribution is 5.98. The van der Waals surface area contributed by atoms with Gasteiger partial charge in [-0.1, -0.05) is 78.9 Å². The molecule has 0 unspecified atom stereocenters. The number of benzene rings is 7. The van der Waals surface area contributed by atoms with Gasteiger partial charge in [0.2, 0.25) is 0 Å². The van der Waals surface area contributed by atoms with E-state index in [2.05, 4.69) is 109 Å². The molecule has 194 valence electrons. The van der Waals surface area contributed by atoms with Crippen LogP contribution < -0.4 is 0 Å². The Morgan fingerprint density at radius 3 is 1.38 bits per heavy atom. The Bertz CT molecular complexity index is 2400. The molecule has 4 aliphatic carbocycles. The summed E-state index contributed by atoms with van der Waals surface area (Å²) in [7, 11) is 0. The van der Waals surface area contributed by atoms with Crippen LogP contribution in [0.3, 0.4) is 0 Å². The molecular formula is C42H26. The third kappa shape index (κ3) is 2.69. The summed E-state index contributed by atoms with van der Waals surface area (Å²) in [6.45, 7) is 0. The fourth-order valence-electron chi connectivity index (χ4n) is 8.81. The summed E-state index contributed by atoms with van der Waals surface area (Å²) in [6.07, 6.45) is 4.17.